The van der Waals surface area contributed by atoms with Crippen molar-refractivity contribution in [2.45, 2.75) is 18.9 Å². The van der Waals surface area contributed by atoms with Gasteiger partial charge in [0.1, 0.15) is 0 Å². The van der Waals surface area contributed by atoms with Gasteiger partial charge < -0.3 is 5.32 Å². The molecule has 0 unspecified atom stereocenters. The molecule has 4 nitrogen and oxygen atoms in total. The first-order valence-corrected chi connectivity index (χ1v) is 6.60. The predicted octanol–water partition coefficient (Wildman–Crippen LogP) is 3.04. The van der Waals surface area contributed by atoms with Gasteiger partial charge in [0.15, 0.2) is 5.82 Å². The number of hydrogen-bond acceptors (Lipinski definition) is 4. The third-order valence-corrected chi connectivity index (χ3v) is 3.79. The molecule has 1 aromatic rings. The van der Waals surface area contributed by atoms with Gasteiger partial charge in [-0.15, -0.1) is 0 Å². The average Bonchev–Trinajstić information content (AvgIpc) is 2.33. The summed E-state index contributed by atoms with van der Waals surface area (Å²) in [7, 11) is 0. The van der Waals surface area contributed by atoms with E-state index in [1.807, 2.05) is 11.8 Å². The third kappa shape index (κ3) is 3.09. The first-order chi connectivity index (χ1) is 8.16. The van der Waals surface area contributed by atoms with Crippen LogP contribution in [0.2, 0.25) is 0 Å². The highest BCUT2D eigenvalue weighted by Crippen LogP contribution is 2.25. The zero-order chi connectivity index (χ0) is 12.3. The van der Waals surface area contributed by atoms with Crippen LogP contribution in [0.15, 0.2) is 18.2 Å². The van der Waals surface area contributed by atoms with Gasteiger partial charge in [0, 0.05) is 12.1 Å². The first-order valence-electron chi connectivity index (χ1n) is 5.45. The Hall–Kier alpha value is -1.30. The molecule has 1 fully saturated rings. The fourth-order valence-corrected chi connectivity index (χ4v) is 2.90. The summed E-state index contributed by atoms with van der Waals surface area (Å²) in [6.45, 7) is 0. The number of nitro groups is 1. The lowest BCUT2D eigenvalue weighted by Crippen LogP contribution is -2.24. The van der Waals surface area contributed by atoms with Crippen LogP contribution in [-0.4, -0.2) is 22.5 Å². The Balaban J connectivity index is 2.08. The summed E-state index contributed by atoms with van der Waals surface area (Å²) in [5.41, 5.74) is 0.139. The molecule has 1 N–H and O–H groups in total. The van der Waals surface area contributed by atoms with Crippen molar-refractivity contribution in [3.8, 4) is 0 Å². The Morgan fingerprint density at radius 3 is 2.71 bits per heavy atom. The number of non-ortho nitro benzene ring substituents is 1. The summed E-state index contributed by atoms with van der Waals surface area (Å²) in [6.07, 6.45) is 2.00. The van der Waals surface area contributed by atoms with Crippen LogP contribution in [-0.2, 0) is 0 Å². The van der Waals surface area contributed by atoms with E-state index in [2.05, 4.69) is 5.32 Å². The van der Waals surface area contributed by atoms with Crippen molar-refractivity contribution < 1.29 is 9.31 Å². The summed E-state index contributed by atoms with van der Waals surface area (Å²) in [6, 6.07) is 3.99. The fourth-order valence-electron chi connectivity index (χ4n) is 1.80. The largest absolute Gasteiger partial charge is 0.380 e. The first kappa shape index (κ1) is 12.2. The number of thioether (sulfide) groups is 1. The molecule has 1 aliphatic rings. The Morgan fingerprint density at radius 2 is 2.12 bits per heavy atom. The molecule has 0 radical (unpaired) electrons. The van der Waals surface area contributed by atoms with Gasteiger partial charge in [-0.2, -0.15) is 11.8 Å². The topological polar surface area (TPSA) is 55.2 Å². The van der Waals surface area contributed by atoms with E-state index >= 15 is 0 Å². The van der Waals surface area contributed by atoms with E-state index in [1.54, 1.807) is 0 Å². The Morgan fingerprint density at radius 1 is 1.41 bits per heavy atom. The Bertz CT molecular complexity index is 422. The molecule has 2 rings (SSSR count). The molecular formula is C11H13FN2O2S. The highest BCUT2D eigenvalue weighted by Gasteiger charge is 2.16. The van der Waals surface area contributed by atoms with Gasteiger partial charge in [-0.05, 0) is 30.4 Å². The summed E-state index contributed by atoms with van der Waals surface area (Å²) in [5, 5.41) is 13.6. The van der Waals surface area contributed by atoms with Crippen molar-refractivity contribution in [3.63, 3.8) is 0 Å². The molecular weight excluding hydrogens is 243 g/mol. The maximum atomic E-state index is 13.6. The molecule has 0 aliphatic carbocycles. The van der Waals surface area contributed by atoms with Crippen LogP contribution < -0.4 is 5.32 Å². The summed E-state index contributed by atoms with van der Waals surface area (Å²) < 4.78 is 13.6. The van der Waals surface area contributed by atoms with Crippen molar-refractivity contribution >= 4 is 23.1 Å². The maximum absolute atomic E-state index is 13.6. The highest BCUT2D eigenvalue weighted by atomic mass is 32.2. The van der Waals surface area contributed by atoms with Crippen LogP contribution in [0.25, 0.3) is 0 Å². The lowest BCUT2D eigenvalue weighted by atomic mass is 10.1. The van der Waals surface area contributed by atoms with E-state index in [0.717, 1.165) is 30.4 Å². The molecule has 1 saturated heterocycles. The van der Waals surface area contributed by atoms with E-state index in [4.69, 9.17) is 0 Å². The minimum atomic E-state index is -0.593. The van der Waals surface area contributed by atoms with Gasteiger partial charge in [-0.3, -0.25) is 10.1 Å². The van der Waals surface area contributed by atoms with E-state index in [0.29, 0.717) is 5.69 Å². The SMILES string of the molecule is O=[N+]([O-])c1ccc(NC2CCSCC2)c(F)c1. The van der Waals surface area contributed by atoms with Crippen LogP contribution in [0, 0.1) is 15.9 Å². The number of hydrogen-bond donors (Lipinski definition) is 1. The number of rotatable bonds is 3. The molecule has 17 heavy (non-hydrogen) atoms. The van der Waals surface area contributed by atoms with Crippen LogP contribution in [0.3, 0.4) is 0 Å². The van der Waals surface area contributed by atoms with Crippen LogP contribution in [0.1, 0.15) is 12.8 Å². The third-order valence-electron chi connectivity index (χ3n) is 2.74. The van der Waals surface area contributed by atoms with Crippen LogP contribution in [0.4, 0.5) is 15.8 Å². The quantitative estimate of drug-likeness (QED) is 0.667. The zero-order valence-electron chi connectivity index (χ0n) is 9.19. The van der Waals surface area contributed by atoms with Crippen LogP contribution >= 0.6 is 11.8 Å². The molecule has 92 valence electrons. The normalized spacial score (nSPS) is 16.8. The Kier molecular flexibility index (Phi) is 3.83. The van der Waals surface area contributed by atoms with Gasteiger partial charge in [-0.25, -0.2) is 4.39 Å². The lowest BCUT2D eigenvalue weighted by Gasteiger charge is -2.23. The standard InChI is InChI=1S/C11H13FN2O2S/c12-10-7-9(14(15)16)1-2-11(10)13-8-3-5-17-6-4-8/h1-2,7-8,13H,3-6H2. The number of benzene rings is 1. The molecule has 0 amide bonds. The molecule has 0 atom stereocenters. The smallest absolute Gasteiger partial charge is 0.272 e. The molecule has 6 heteroatoms. The minimum absolute atomic E-state index is 0.216. The number of nitro benzene ring substituents is 1. The predicted molar refractivity (Wildman–Crippen MR) is 67.0 cm³/mol. The number of nitrogens with zero attached hydrogens (tertiary/aromatic N) is 1. The number of nitrogens with one attached hydrogen (secondary N) is 1. The molecule has 1 aromatic carbocycles. The summed E-state index contributed by atoms with van der Waals surface area (Å²) in [5.74, 6) is 1.59. The minimum Gasteiger partial charge on any atom is -0.380 e. The van der Waals surface area contributed by atoms with Crippen LogP contribution in [0.5, 0.6) is 0 Å². The fraction of sp³-hybridized carbons (Fsp3) is 0.455. The van der Waals surface area contributed by atoms with Crippen molar-refractivity contribution in [2.75, 3.05) is 16.8 Å². The van der Waals surface area contributed by atoms with Crippen molar-refractivity contribution in [2.24, 2.45) is 0 Å². The van der Waals surface area contributed by atoms with Crippen molar-refractivity contribution in [1.82, 2.24) is 0 Å². The van der Waals surface area contributed by atoms with Gasteiger partial charge in [0.2, 0.25) is 0 Å². The molecule has 0 bridgehead atoms. The number of halogens is 1. The van der Waals surface area contributed by atoms with Gasteiger partial charge >= 0.3 is 0 Å². The van der Waals surface area contributed by atoms with Crippen molar-refractivity contribution in [3.05, 3.63) is 34.1 Å². The maximum Gasteiger partial charge on any atom is 0.272 e. The molecule has 0 saturated carbocycles. The zero-order valence-corrected chi connectivity index (χ0v) is 10.0. The monoisotopic (exact) mass is 256 g/mol. The molecule has 1 heterocycles. The highest BCUT2D eigenvalue weighted by molar-refractivity contribution is 7.99. The van der Waals surface area contributed by atoms with Gasteiger partial charge in [-0.1, -0.05) is 0 Å². The number of anilines is 1. The molecule has 1 aliphatic heterocycles. The summed E-state index contributed by atoms with van der Waals surface area (Å²) in [4.78, 5) is 9.88. The van der Waals surface area contributed by atoms with E-state index in [9.17, 15) is 14.5 Å². The van der Waals surface area contributed by atoms with E-state index in [-0.39, 0.29) is 11.7 Å². The Labute approximate surface area is 103 Å². The second kappa shape index (κ2) is 5.35. The second-order valence-corrected chi connectivity index (χ2v) is 5.18. The lowest BCUT2D eigenvalue weighted by molar-refractivity contribution is -0.385. The van der Waals surface area contributed by atoms with E-state index < -0.39 is 10.7 Å². The molecule has 0 aromatic heterocycles. The average molecular weight is 256 g/mol. The van der Waals surface area contributed by atoms with E-state index in [1.165, 1.54) is 12.1 Å². The van der Waals surface area contributed by atoms with Gasteiger partial charge in [0.25, 0.3) is 5.69 Å². The molecule has 0 spiro atoms. The summed E-state index contributed by atoms with van der Waals surface area (Å²) >= 11 is 1.90. The second-order valence-electron chi connectivity index (χ2n) is 3.95. The van der Waals surface area contributed by atoms with Crippen molar-refractivity contribution in [1.29, 1.82) is 0 Å². The van der Waals surface area contributed by atoms with Gasteiger partial charge in [0.05, 0.1) is 16.7 Å².